The molecular weight excluding hydrogens is 295 g/mol. The van der Waals surface area contributed by atoms with Crippen LogP contribution in [0, 0.1) is 0 Å². The van der Waals surface area contributed by atoms with E-state index in [1.54, 1.807) is 18.2 Å². The van der Waals surface area contributed by atoms with Crippen LogP contribution in [0.1, 0.15) is 18.5 Å². The molecule has 1 aromatic carbocycles. The molecule has 0 heterocycles. The van der Waals surface area contributed by atoms with Crippen molar-refractivity contribution in [3.63, 3.8) is 0 Å². The standard InChI is InChI=1S/C11H16Cl2N2O2S/c1-8(14-5-6-15-18(2,16)17)10-7-9(12)3-4-11(10)13/h3-4,7-8,14-15H,5-6H2,1-2H3. The van der Waals surface area contributed by atoms with Gasteiger partial charge in [0, 0.05) is 29.2 Å². The summed E-state index contributed by atoms with van der Waals surface area (Å²) in [5.74, 6) is 0. The van der Waals surface area contributed by atoms with E-state index in [1.807, 2.05) is 6.92 Å². The van der Waals surface area contributed by atoms with E-state index < -0.39 is 10.0 Å². The molecule has 0 spiro atoms. The predicted octanol–water partition coefficient (Wildman–Crippen LogP) is 2.19. The fraction of sp³-hybridized carbons (Fsp3) is 0.455. The van der Waals surface area contributed by atoms with Crippen LogP contribution < -0.4 is 10.0 Å². The molecule has 0 saturated heterocycles. The topological polar surface area (TPSA) is 58.2 Å². The van der Waals surface area contributed by atoms with Gasteiger partial charge in [-0.25, -0.2) is 13.1 Å². The second-order valence-electron chi connectivity index (χ2n) is 4.01. The van der Waals surface area contributed by atoms with Crippen molar-refractivity contribution >= 4 is 33.2 Å². The summed E-state index contributed by atoms with van der Waals surface area (Å²) in [5, 5.41) is 4.43. The van der Waals surface area contributed by atoms with Crippen molar-refractivity contribution in [2.75, 3.05) is 19.3 Å². The number of hydrogen-bond donors (Lipinski definition) is 2. The Labute approximate surface area is 118 Å². The average molecular weight is 311 g/mol. The maximum absolute atomic E-state index is 10.9. The Balaban J connectivity index is 2.50. The minimum atomic E-state index is -3.14. The molecule has 0 aliphatic carbocycles. The molecule has 7 heteroatoms. The zero-order valence-corrected chi connectivity index (χ0v) is 12.5. The summed E-state index contributed by atoms with van der Waals surface area (Å²) in [6.45, 7) is 2.79. The lowest BCUT2D eigenvalue weighted by Crippen LogP contribution is -2.32. The normalized spacial score (nSPS) is 13.6. The van der Waals surface area contributed by atoms with Crippen LogP contribution in [0.15, 0.2) is 18.2 Å². The van der Waals surface area contributed by atoms with Gasteiger partial charge in [0.1, 0.15) is 0 Å². The van der Waals surface area contributed by atoms with Gasteiger partial charge in [0.2, 0.25) is 10.0 Å². The van der Waals surface area contributed by atoms with Gasteiger partial charge in [-0.1, -0.05) is 23.2 Å². The van der Waals surface area contributed by atoms with E-state index in [1.165, 1.54) is 0 Å². The van der Waals surface area contributed by atoms with E-state index in [0.29, 0.717) is 23.1 Å². The highest BCUT2D eigenvalue weighted by Gasteiger charge is 2.09. The highest BCUT2D eigenvalue weighted by molar-refractivity contribution is 7.88. The van der Waals surface area contributed by atoms with Crippen LogP contribution in [0.2, 0.25) is 10.0 Å². The zero-order valence-electron chi connectivity index (χ0n) is 10.2. The van der Waals surface area contributed by atoms with Gasteiger partial charge < -0.3 is 5.32 Å². The quantitative estimate of drug-likeness (QED) is 0.792. The van der Waals surface area contributed by atoms with E-state index >= 15 is 0 Å². The molecular formula is C11H16Cl2N2O2S. The van der Waals surface area contributed by atoms with Gasteiger partial charge in [-0.05, 0) is 30.7 Å². The molecule has 1 rings (SSSR count). The summed E-state index contributed by atoms with van der Waals surface area (Å²) in [5.41, 5.74) is 0.892. The lowest BCUT2D eigenvalue weighted by atomic mass is 10.1. The summed E-state index contributed by atoms with van der Waals surface area (Å²) in [4.78, 5) is 0. The van der Waals surface area contributed by atoms with E-state index in [2.05, 4.69) is 10.0 Å². The van der Waals surface area contributed by atoms with Crippen molar-refractivity contribution < 1.29 is 8.42 Å². The van der Waals surface area contributed by atoms with Crippen LogP contribution in [-0.4, -0.2) is 27.8 Å². The van der Waals surface area contributed by atoms with Crippen LogP contribution >= 0.6 is 23.2 Å². The Hall–Kier alpha value is -0.330. The molecule has 0 fully saturated rings. The molecule has 0 radical (unpaired) electrons. The molecule has 0 aliphatic heterocycles. The summed E-state index contributed by atoms with van der Waals surface area (Å²) >= 11 is 12.0. The van der Waals surface area contributed by atoms with Gasteiger partial charge in [-0.3, -0.25) is 0 Å². The Bertz CT molecular complexity index is 506. The smallest absolute Gasteiger partial charge is 0.208 e. The van der Waals surface area contributed by atoms with E-state index in [9.17, 15) is 8.42 Å². The molecule has 0 aromatic heterocycles. The molecule has 18 heavy (non-hydrogen) atoms. The van der Waals surface area contributed by atoms with Crippen molar-refractivity contribution in [2.45, 2.75) is 13.0 Å². The molecule has 0 aliphatic rings. The molecule has 4 nitrogen and oxygen atoms in total. The monoisotopic (exact) mass is 310 g/mol. The van der Waals surface area contributed by atoms with Crippen LogP contribution in [0.25, 0.3) is 0 Å². The first-order chi connectivity index (χ1) is 8.29. The largest absolute Gasteiger partial charge is 0.309 e. The first kappa shape index (κ1) is 15.7. The number of benzene rings is 1. The van der Waals surface area contributed by atoms with Crippen molar-refractivity contribution in [1.82, 2.24) is 10.0 Å². The van der Waals surface area contributed by atoms with Crippen LogP contribution in [-0.2, 0) is 10.0 Å². The number of hydrogen-bond acceptors (Lipinski definition) is 3. The molecule has 0 saturated carbocycles. The van der Waals surface area contributed by atoms with E-state index in [4.69, 9.17) is 23.2 Å². The maximum Gasteiger partial charge on any atom is 0.208 e. The third-order valence-corrected chi connectivity index (χ3v) is 3.67. The average Bonchev–Trinajstić information content (AvgIpc) is 2.26. The summed E-state index contributed by atoms with van der Waals surface area (Å²) in [7, 11) is -3.14. The van der Waals surface area contributed by atoms with Gasteiger partial charge in [0.05, 0.1) is 6.26 Å². The molecule has 0 bridgehead atoms. The lowest BCUT2D eigenvalue weighted by molar-refractivity contribution is 0.556. The van der Waals surface area contributed by atoms with Gasteiger partial charge in [0.25, 0.3) is 0 Å². The Morgan fingerprint density at radius 2 is 1.94 bits per heavy atom. The van der Waals surface area contributed by atoms with Crippen molar-refractivity contribution in [3.05, 3.63) is 33.8 Å². The maximum atomic E-state index is 10.9. The van der Waals surface area contributed by atoms with Gasteiger partial charge in [-0.2, -0.15) is 0 Å². The SMILES string of the molecule is CC(NCCNS(C)(=O)=O)c1cc(Cl)ccc1Cl. The van der Waals surface area contributed by atoms with Crippen molar-refractivity contribution in [2.24, 2.45) is 0 Å². The molecule has 1 unspecified atom stereocenters. The number of rotatable bonds is 6. The minimum absolute atomic E-state index is 0.00226. The molecule has 2 N–H and O–H groups in total. The highest BCUT2D eigenvalue weighted by Crippen LogP contribution is 2.25. The second kappa shape index (κ2) is 6.73. The third kappa shape index (κ3) is 5.54. The van der Waals surface area contributed by atoms with Gasteiger partial charge in [-0.15, -0.1) is 0 Å². The fourth-order valence-electron chi connectivity index (χ4n) is 1.48. The predicted molar refractivity (Wildman–Crippen MR) is 75.7 cm³/mol. The molecule has 0 amide bonds. The molecule has 1 atom stereocenters. The first-order valence-electron chi connectivity index (χ1n) is 5.42. The third-order valence-electron chi connectivity index (χ3n) is 2.36. The number of sulfonamides is 1. The number of halogens is 2. The van der Waals surface area contributed by atoms with E-state index in [0.717, 1.165) is 11.8 Å². The van der Waals surface area contributed by atoms with E-state index in [-0.39, 0.29) is 6.04 Å². The Morgan fingerprint density at radius 3 is 2.56 bits per heavy atom. The lowest BCUT2D eigenvalue weighted by Gasteiger charge is -2.16. The second-order valence-corrected chi connectivity index (χ2v) is 6.68. The molecule has 1 aromatic rings. The number of nitrogens with one attached hydrogen (secondary N) is 2. The first-order valence-corrected chi connectivity index (χ1v) is 8.07. The Kier molecular flexibility index (Phi) is 5.88. The summed E-state index contributed by atoms with van der Waals surface area (Å²) in [6.07, 6.45) is 1.13. The highest BCUT2D eigenvalue weighted by atomic mass is 35.5. The van der Waals surface area contributed by atoms with Crippen molar-refractivity contribution in [3.8, 4) is 0 Å². The van der Waals surface area contributed by atoms with Gasteiger partial charge >= 0.3 is 0 Å². The van der Waals surface area contributed by atoms with Crippen LogP contribution in [0.5, 0.6) is 0 Å². The fourth-order valence-corrected chi connectivity index (χ4v) is 2.42. The zero-order chi connectivity index (χ0) is 13.8. The van der Waals surface area contributed by atoms with Crippen LogP contribution in [0.4, 0.5) is 0 Å². The van der Waals surface area contributed by atoms with Crippen molar-refractivity contribution in [1.29, 1.82) is 0 Å². The minimum Gasteiger partial charge on any atom is -0.309 e. The van der Waals surface area contributed by atoms with Gasteiger partial charge in [0.15, 0.2) is 0 Å². The van der Waals surface area contributed by atoms with Crippen LogP contribution in [0.3, 0.4) is 0 Å². The molecule has 102 valence electrons. The summed E-state index contributed by atoms with van der Waals surface area (Å²) in [6, 6.07) is 5.26. The summed E-state index contributed by atoms with van der Waals surface area (Å²) < 4.78 is 24.1. The Morgan fingerprint density at radius 1 is 1.28 bits per heavy atom.